The summed E-state index contributed by atoms with van der Waals surface area (Å²) in [4.78, 5) is 15.0. The topological polar surface area (TPSA) is 54.9 Å². The van der Waals surface area contributed by atoms with Crippen LogP contribution in [0.4, 0.5) is 5.69 Å². The van der Waals surface area contributed by atoms with Gasteiger partial charge in [-0.05, 0) is 41.4 Å². The van der Waals surface area contributed by atoms with E-state index < -0.39 is 0 Å². The molecule has 0 saturated heterocycles. The monoisotopic (exact) mass is 333 g/mol. The Morgan fingerprint density at radius 3 is 2.86 bits per heavy atom. The summed E-state index contributed by atoms with van der Waals surface area (Å²) in [6, 6.07) is 11.6. The summed E-state index contributed by atoms with van der Waals surface area (Å²) in [5.41, 5.74) is 1.45. The summed E-state index contributed by atoms with van der Waals surface area (Å²) in [5, 5.41) is 8.98. The van der Waals surface area contributed by atoms with Gasteiger partial charge in [-0.25, -0.2) is 0 Å². The predicted molar refractivity (Wildman–Crippen MR) is 89.4 cm³/mol. The van der Waals surface area contributed by atoms with Crippen LogP contribution < -0.4 is 5.32 Å². The first-order valence-electron chi connectivity index (χ1n) is 6.10. The molecule has 0 aliphatic rings. The van der Waals surface area contributed by atoms with Gasteiger partial charge in [0, 0.05) is 4.90 Å². The number of nitrogens with one attached hydrogen (secondary N) is 1. The zero-order valence-electron chi connectivity index (χ0n) is 11.1. The van der Waals surface area contributed by atoms with Gasteiger partial charge in [-0.15, -0.1) is 28.2 Å². The largest absolute Gasteiger partial charge is 0.320 e. The molecule has 1 amide bonds. The molecule has 0 aliphatic carbocycles. The SMILES string of the molecule is CSc1ccccc1NC(=O)c1snnc1-c1cccs1. The Morgan fingerprint density at radius 2 is 2.10 bits per heavy atom. The number of hydrogen-bond acceptors (Lipinski definition) is 6. The third-order valence-electron chi connectivity index (χ3n) is 2.80. The van der Waals surface area contributed by atoms with Crippen LogP contribution >= 0.6 is 34.6 Å². The molecule has 7 heteroatoms. The van der Waals surface area contributed by atoms with Crippen molar-refractivity contribution in [3.63, 3.8) is 0 Å². The van der Waals surface area contributed by atoms with Crippen molar-refractivity contribution >= 4 is 46.2 Å². The van der Waals surface area contributed by atoms with Crippen molar-refractivity contribution in [2.75, 3.05) is 11.6 Å². The lowest BCUT2D eigenvalue weighted by Crippen LogP contribution is -2.12. The van der Waals surface area contributed by atoms with Crippen LogP contribution in [0, 0.1) is 0 Å². The Hall–Kier alpha value is -1.70. The van der Waals surface area contributed by atoms with Crippen LogP contribution in [0.3, 0.4) is 0 Å². The van der Waals surface area contributed by atoms with Gasteiger partial charge in [0.25, 0.3) is 5.91 Å². The molecule has 0 unspecified atom stereocenters. The number of para-hydroxylation sites is 1. The molecule has 106 valence electrons. The molecule has 1 N–H and O–H groups in total. The van der Waals surface area contributed by atoms with E-state index in [0.717, 1.165) is 27.0 Å². The van der Waals surface area contributed by atoms with E-state index >= 15 is 0 Å². The molecule has 0 bridgehead atoms. The fourth-order valence-electron chi connectivity index (χ4n) is 1.84. The lowest BCUT2D eigenvalue weighted by Gasteiger charge is -2.08. The Labute approximate surface area is 134 Å². The van der Waals surface area contributed by atoms with Crippen LogP contribution in [0.25, 0.3) is 10.6 Å². The number of benzene rings is 1. The van der Waals surface area contributed by atoms with Crippen LogP contribution in [0.5, 0.6) is 0 Å². The van der Waals surface area contributed by atoms with Crippen LogP contribution in [0.15, 0.2) is 46.7 Å². The first kappa shape index (κ1) is 14.2. The molecule has 0 atom stereocenters. The van der Waals surface area contributed by atoms with Gasteiger partial charge < -0.3 is 5.32 Å². The molecule has 0 radical (unpaired) electrons. The van der Waals surface area contributed by atoms with E-state index in [1.807, 2.05) is 48.0 Å². The molecule has 0 aliphatic heterocycles. The number of aromatic nitrogens is 2. The standard InChI is InChI=1S/C14H11N3OS3/c1-19-10-6-3-2-5-9(10)15-14(18)13-12(16-17-21-13)11-7-4-8-20-11/h2-8H,1H3,(H,15,18). The normalized spacial score (nSPS) is 10.5. The average molecular weight is 333 g/mol. The van der Waals surface area contributed by atoms with E-state index in [1.54, 1.807) is 23.1 Å². The molecular weight excluding hydrogens is 322 g/mol. The maximum Gasteiger partial charge on any atom is 0.269 e. The molecule has 0 spiro atoms. The molecular formula is C14H11N3OS3. The highest BCUT2D eigenvalue weighted by molar-refractivity contribution is 7.98. The Balaban J connectivity index is 1.89. The second-order valence-corrected chi connectivity index (χ2v) is 6.63. The van der Waals surface area contributed by atoms with Crippen LogP contribution in [-0.2, 0) is 0 Å². The fourth-order valence-corrected chi connectivity index (χ4v) is 3.75. The highest BCUT2D eigenvalue weighted by atomic mass is 32.2. The minimum absolute atomic E-state index is 0.171. The van der Waals surface area contributed by atoms with Gasteiger partial charge >= 0.3 is 0 Å². The van der Waals surface area contributed by atoms with Gasteiger partial charge in [-0.2, -0.15) is 0 Å². The number of rotatable bonds is 4. The first-order chi connectivity index (χ1) is 10.3. The Morgan fingerprint density at radius 1 is 1.24 bits per heavy atom. The van der Waals surface area contributed by atoms with Crippen molar-refractivity contribution in [1.29, 1.82) is 0 Å². The van der Waals surface area contributed by atoms with E-state index in [9.17, 15) is 4.79 Å². The Bertz CT molecular complexity index is 752. The van der Waals surface area contributed by atoms with Gasteiger partial charge in [0.05, 0.1) is 10.6 Å². The van der Waals surface area contributed by atoms with Gasteiger partial charge in [-0.1, -0.05) is 22.7 Å². The van der Waals surface area contributed by atoms with Crippen molar-refractivity contribution < 1.29 is 4.79 Å². The molecule has 21 heavy (non-hydrogen) atoms. The van der Waals surface area contributed by atoms with Crippen LogP contribution in [0.2, 0.25) is 0 Å². The highest BCUT2D eigenvalue weighted by Gasteiger charge is 2.19. The second-order valence-electron chi connectivity index (χ2n) is 4.08. The number of carbonyl (C=O) groups excluding carboxylic acids is 1. The summed E-state index contributed by atoms with van der Waals surface area (Å²) >= 11 is 4.26. The number of nitrogens with zero attached hydrogens (tertiary/aromatic N) is 2. The van der Waals surface area contributed by atoms with E-state index in [1.165, 1.54) is 0 Å². The third kappa shape index (κ3) is 2.99. The minimum atomic E-state index is -0.171. The van der Waals surface area contributed by atoms with Crippen molar-refractivity contribution in [2.24, 2.45) is 0 Å². The maximum atomic E-state index is 12.5. The smallest absolute Gasteiger partial charge is 0.269 e. The molecule has 1 aromatic carbocycles. The predicted octanol–water partition coefficient (Wildman–Crippen LogP) is 4.24. The zero-order valence-corrected chi connectivity index (χ0v) is 13.5. The molecule has 3 aromatic rings. The van der Waals surface area contributed by atoms with E-state index in [-0.39, 0.29) is 5.91 Å². The average Bonchev–Trinajstić information content (AvgIpc) is 3.18. The summed E-state index contributed by atoms with van der Waals surface area (Å²) in [7, 11) is 0. The Kier molecular flexibility index (Phi) is 4.33. The van der Waals surface area contributed by atoms with E-state index in [4.69, 9.17) is 0 Å². The number of anilines is 1. The summed E-state index contributed by atoms with van der Waals surface area (Å²) < 4.78 is 3.92. The van der Waals surface area contributed by atoms with Gasteiger partial charge in [0.1, 0.15) is 10.6 Å². The molecule has 2 heterocycles. The molecule has 0 saturated carbocycles. The van der Waals surface area contributed by atoms with Crippen LogP contribution in [0.1, 0.15) is 9.67 Å². The zero-order chi connectivity index (χ0) is 14.7. The lowest BCUT2D eigenvalue weighted by molar-refractivity contribution is 0.103. The maximum absolute atomic E-state index is 12.5. The van der Waals surface area contributed by atoms with Crippen molar-refractivity contribution in [3.05, 3.63) is 46.7 Å². The minimum Gasteiger partial charge on any atom is -0.320 e. The lowest BCUT2D eigenvalue weighted by atomic mass is 10.2. The van der Waals surface area contributed by atoms with E-state index in [0.29, 0.717) is 10.6 Å². The number of hydrogen-bond donors (Lipinski definition) is 1. The van der Waals surface area contributed by atoms with E-state index in [2.05, 4.69) is 14.9 Å². The van der Waals surface area contributed by atoms with Crippen molar-refractivity contribution in [2.45, 2.75) is 4.90 Å². The second kappa shape index (κ2) is 6.38. The summed E-state index contributed by atoms with van der Waals surface area (Å²) in [5.74, 6) is -0.171. The molecule has 0 fully saturated rings. The third-order valence-corrected chi connectivity index (χ3v) is 5.20. The number of amides is 1. The highest BCUT2D eigenvalue weighted by Crippen LogP contribution is 2.30. The summed E-state index contributed by atoms with van der Waals surface area (Å²) in [6.07, 6.45) is 1.98. The molecule has 4 nitrogen and oxygen atoms in total. The molecule has 3 rings (SSSR count). The van der Waals surface area contributed by atoms with Crippen LogP contribution in [-0.4, -0.2) is 21.7 Å². The number of thioether (sulfide) groups is 1. The molecule has 2 aromatic heterocycles. The quantitative estimate of drug-likeness (QED) is 0.726. The van der Waals surface area contributed by atoms with Gasteiger partial charge in [0.2, 0.25) is 0 Å². The summed E-state index contributed by atoms with van der Waals surface area (Å²) in [6.45, 7) is 0. The van der Waals surface area contributed by atoms with Crippen molar-refractivity contribution in [1.82, 2.24) is 9.59 Å². The number of thiophene rings is 1. The first-order valence-corrected chi connectivity index (χ1v) is 8.98. The van der Waals surface area contributed by atoms with Gasteiger partial charge in [-0.3, -0.25) is 4.79 Å². The van der Waals surface area contributed by atoms with Crippen molar-refractivity contribution in [3.8, 4) is 10.6 Å². The number of carbonyl (C=O) groups is 1. The fraction of sp³-hybridized carbons (Fsp3) is 0.0714. The van der Waals surface area contributed by atoms with Gasteiger partial charge in [0.15, 0.2) is 0 Å².